The molecule has 13 heavy (non-hydrogen) atoms. The normalized spacial score (nSPS) is 11.8. The molecule has 0 saturated carbocycles. The van der Waals surface area contributed by atoms with Crippen LogP contribution in [-0.4, -0.2) is 38.4 Å². The molecule has 0 N–H and O–H groups in total. The van der Waals surface area contributed by atoms with Crippen molar-refractivity contribution in [3.8, 4) is 0 Å². The van der Waals surface area contributed by atoms with Crippen molar-refractivity contribution in [1.29, 1.82) is 0 Å². The molecule has 0 amide bonds. The van der Waals surface area contributed by atoms with Crippen LogP contribution in [0, 0.1) is 0 Å². The highest BCUT2D eigenvalue weighted by molar-refractivity contribution is 6.72. The van der Waals surface area contributed by atoms with Crippen molar-refractivity contribution in [3.63, 3.8) is 0 Å². The smallest absolute Gasteiger partial charge is 0.289 e. The van der Waals surface area contributed by atoms with E-state index < -0.39 is 8.32 Å². The summed E-state index contributed by atoms with van der Waals surface area (Å²) in [5.74, 6) is -0.149. The van der Waals surface area contributed by atoms with Crippen LogP contribution < -0.4 is 0 Å². The summed E-state index contributed by atoms with van der Waals surface area (Å²) in [6.45, 7) is 11.9. The number of hydrogen-bond donors (Lipinski definition) is 0. The molecule has 0 aliphatic rings. The molecular formula is C9H21NO2Si. The molecule has 0 fully saturated rings. The standard InChI is InChI=1S/C9H21NO2Si/c1-6-10(7-2)8-13(4,5)12-9(3)11/h6-8H2,1-5H3. The van der Waals surface area contributed by atoms with E-state index in [0.717, 1.165) is 19.3 Å². The van der Waals surface area contributed by atoms with Crippen molar-refractivity contribution in [1.82, 2.24) is 4.90 Å². The minimum absolute atomic E-state index is 0.149. The van der Waals surface area contributed by atoms with Gasteiger partial charge in [-0.25, -0.2) is 0 Å². The summed E-state index contributed by atoms with van der Waals surface area (Å²) in [7, 11) is -1.80. The maximum atomic E-state index is 10.8. The maximum Gasteiger partial charge on any atom is 0.289 e. The number of carbonyl (C=O) groups is 1. The van der Waals surface area contributed by atoms with E-state index in [1.807, 2.05) is 0 Å². The van der Waals surface area contributed by atoms with Crippen molar-refractivity contribution in [2.45, 2.75) is 33.9 Å². The second-order valence-corrected chi connectivity index (χ2v) is 7.85. The lowest BCUT2D eigenvalue weighted by Gasteiger charge is -2.28. The molecule has 3 nitrogen and oxygen atoms in total. The minimum Gasteiger partial charge on any atom is -0.518 e. The van der Waals surface area contributed by atoms with Crippen LogP contribution >= 0.6 is 0 Å². The SMILES string of the molecule is CCN(CC)C[Si](C)(C)OC(C)=O. The fourth-order valence-corrected chi connectivity index (χ4v) is 3.77. The van der Waals surface area contributed by atoms with Gasteiger partial charge in [-0.2, -0.15) is 0 Å². The van der Waals surface area contributed by atoms with Crippen LogP contribution in [0.25, 0.3) is 0 Å². The number of hydrogen-bond acceptors (Lipinski definition) is 3. The molecule has 0 rings (SSSR count). The molecule has 0 aromatic carbocycles. The van der Waals surface area contributed by atoms with Crippen molar-refractivity contribution in [2.24, 2.45) is 0 Å². The van der Waals surface area contributed by atoms with Gasteiger partial charge in [0.1, 0.15) is 0 Å². The average molecular weight is 203 g/mol. The second kappa shape index (κ2) is 5.39. The second-order valence-electron chi connectivity index (χ2n) is 3.81. The van der Waals surface area contributed by atoms with E-state index in [4.69, 9.17) is 4.43 Å². The Bertz CT molecular complexity index is 167. The average Bonchev–Trinajstić information content (AvgIpc) is 1.97. The zero-order valence-corrected chi connectivity index (χ0v) is 10.4. The van der Waals surface area contributed by atoms with E-state index in [-0.39, 0.29) is 5.97 Å². The summed E-state index contributed by atoms with van der Waals surface area (Å²) in [4.78, 5) is 13.1. The number of rotatable bonds is 5. The Hall–Kier alpha value is -0.353. The van der Waals surface area contributed by atoms with E-state index in [9.17, 15) is 4.79 Å². The quantitative estimate of drug-likeness (QED) is 0.636. The molecular weight excluding hydrogens is 182 g/mol. The Morgan fingerprint density at radius 2 is 1.77 bits per heavy atom. The fraction of sp³-hybridized carbons (Fsp3) is 0.889. The van der Waals surface area contributed by atoms with Gasteiger partial charge in [-0.15, -0.1) is 0 Å². The summed E-state index contributed by atoms with van der Waals surface area (Å²) >= 11 is 0. The maximum absolute atomic E-state index is 10.8. The Balaban J connectivity index is 4.05. The van der Waals surface area contributed by atoms with Gasteiger partial charge in [0.2, 0.25) is 0 Å². The number of nitrogens with zero attached hydrogens (tertiary/aromatic N) is 1. The monoisotopic (exact) mass is 203 g/mol. The largest absolute Gasteiger partial charge is 0.518 e. The van der Waals surface area contributed by atoms with Crippen LogP contribution in [-0.2, 0) is 9.22 Å². The van der Waals surface area contributed by atoms with Crippen molar-refractivity contribution in [3.05, 3.63) is 0 Å². The van der Waals surface area contributed by atoms with E-state index in [2.05, 4.69) is 31.8 Å². The van der Waals surface area contributed by atoms with Crippen LogP contribution in [0.5, 0.6) is 0 Å². The van der Waals surface area contributed by atoms with E-state index >= 15 is 0 Å². The molecule has 0 aromatic rings. The third-order valence-corrected chi connectivity index (χ3v) is 3.97. The molecule has 4 heteroatoms. The van der Waals surface area contributed by atoms with Gasteiger partial charge in [-0.3, -0.25) is 4.79 Å². The molecule has 0 aliphatic carbocycles. The van der Waals surface area contributed by atoms with Crippen LogP contribution in [0.1, 0.15) is 20.8 Å². The molecule has 0 aromatic heterocycles. The highest BCUT2D eigenvalue weighted by Crippen LogP contribution is 2.07. The third kappa shape index (κ3) is 5.82. The Kier molecular flexibility index (Phi) is 5.25. The van der Waals surface area contributed by atoms with Crippen LogP contribution in [0.2, 0.25) is 13.1 Å². The lowest BCUT2D eigenvalue weighted by atomic mass is 10.6. The van der Waals surface area contributed by atoms with Gasteiger partial charge in [0, 0.05) is 13.1 Å². The molecule has 0 spiro atoms. The van der Waals surface area contributed by atoms with Gasteiger partial charge in [0.05, 0.1) is 0 Å². The van der Waals surface area contributed by atoms with Gasteiger partial charge in [-0.05, 0) is 26.2 Å². The first-order valence-corrected chi connectivity index (χ1v) is 7.94. The van der Waals surface area contributed by atoms with Crippen LogP contribution in [0.15, 0.2) is 0 Å². The molecule has 0 heterocycles. The number of carbonyl (C=O) groups excluding carboxylic acids is 1. The van der Waals surface area contributed by atoms with Gasteiger partial charge in [0.15, 0.2) is 0 Å². The first-order valence-electron chi connectivity index (χ1n) is 4.83. The highest BCUT2D eigenvalue weighted by Gasteiger charge is 2.27. The summed E-state index contributed by atoms with van der Waals surface area (Å²) in [6, 6.07) is 0. The summed E-state index contributed by atoms with van der Waals surface area (Å²) in [6.07, 6.45) is 0.930. The summed E-state index contributed by atoms with van der Waals surface area (Å²) < 4.78 is 5.33. The Morgan fingerprint density at radius 3 is 2.08 bits per heavy atom. The molecule has 0 aliphatic heterocycles. The van der Waals surface area contributed by atoms with E-state index in [1.165, 1.54) is 6.92 Å². The van der Waals surface area contributed by atoms with Crippen molar-refractivity contribution < 1.29 is 9.22 Å². The van der Waals surface area contributed by atoms with Crippen molar-refractivity contribution >= 4 is 14.3 Å². The molecule has 0 atom stereocenters. The highest BCUT2D eigenvalue weighted by atomic mass is 28.4. The molecule has 0 saturated heterocycles. The molecule has 0 radical (unpaired) electrons. The first-order chi connectivity index (χ1) is 5.91. The Labute approximate surface area is 82.2 Å². The lowest BCUT2D eigenvalue weighted by molar-refractivity contribution is -0.132. The Morgan fingerprint density at radius 1 is 1.31 bits per heavy atom. The van der Waals surface area contributed by atoms with E-state index in [0.29, 0.717) is 0 Å². The van der Waals surface area contributed by atoms with Gasteiger partial charge >= 0.3 is 0 Å². The minimum atomic E-state index is -1.80. The zero-order valence-electron chi connectivity index (χ0n) is 9.39. The molecule has 0 unspecified atom stereocenters. The van der Waals surface area contributed by atoms with Gasteiger partial charge in [0.25, 0.3) is 14.3 Å². The van der Waals surface area contributed by atoms with Crippen LogP contribution in [0.3, 0.4) is 0 Å². The van der Waals surface area contributed by atoms with Crippen LogP contribution in [0.4, 0.5) is 0 Å². The van der Waals surface area contributed by atoms with E-state index in [1.54, 1.807) is 0 Å². The first kappa shape index (κ1) is 12.6. The summed E-state index contributed by atoms with van der Waals surface area (Å²) in [5.41, 5.74) is 0. The van der Waals surface area contributed by atoms with Gasteiger partial charge in [-0.1, -0.05) is 13.8 Å². The third-order valence-electron chi connectivity index (χ3n) is 1.92. The predicted molar refractivity (Wildman–Crippen MR) is 57.0 cm³/mol. The van der Waals surface area contributed by atoms with Crippen molar-refractivity contribution in [2.75, 3.05) is 19.3 Å². The summed E-state index contributed by atoms with van der Waals surface area (Å²) in [5, 5.41) is 0. The fourth-order valence-electron chi connectivity index (χ4n) is 1.41. The molecule has 0 bridgehead atoms. The zero-order chi connectivity index (χ0) is 10.5. The topological polar surface area (TPSA) is 29.5 Å². The molecule has 78 valence electrons. The van der Waals surface area contributed by atoms with Gasteiger partial charge < -0.3 is 9.33 Å². The predicted octanol–water partition coefficient (Wildman–Crippen LogP) is 1.64. The lowest BCUT2D eigenvalue weighted by Crippen LogP contribution is -2.46.